The Kier molecular flexibility index (Phi) is 6.19. The lowest BCUT2D eigenvalue weighted by Gasteiger charge is -2.25. The van der Waals surface area contributed by atoms with Gasteiger partial charge in [-0.1, -0.05) is 6.07 Å². The molecule has 0 aliphatic carbocycles. The first kappa shape index (κ1) is 18.6. The van der Waals surface area contributed by atoms with Crippen molar-refractivity contribution in [3.8, 4) is 0 Å². The van der Waals surface area contributed by atoms with Crippen LogP contribution in [0.5, 0.6) is 0 Å². The standard InChI is InChI=1S/C13H17N3O6S/c1-13(2,3)22-12(19)16(8-11(17)18)10-6-4-5-9(15-10)7-14-23(20)21/h4-6H,7-8H2,1-3H3,(H,17,18). The number of nitrogens with zero attached hydrogens (tertiary/aromatic N) is 3. The molecule has 0 bridgehead atoms. The molecule has 0 saturated carbocycles. The van der Waals surface area contributed by atoms with E-state index in [1.165, 1.54) is 18.2 Å². The van der Waals surface area contributed by atoms with E-state index in [0.717, 1.165) is 4.90 Å². The lowest BCUT2D eigenvalue weighted by Crippen LogP contribution is -2.40. The average molecular weight is 343 g/mol. The quantitative estimate of drug-likeness (QED) is 0.857. The third-order valence-electron chi connectivity index (χ3n) is 2.31. The predicted octanol–water partition coefficient (Wildman–Crippen LogP) is 1.47. The Bertz CT molecular complexity index is 715. The minimum absolute atomic E-state index is 0.0334. The third kappa shape index (κ3) is 6.87. The first-order valence-corrected chi connectivity index (χ1v) is 7.57. The summed E-state index contributed by atoms with van der Waals surface area (Å²) in [4.78, 5) is 28.0. The molecule has 1 heterocycles. The number of carboxylic acid groups (broad SMARTS) is 1. The number of aliphatic carboxylic acids is 1. The van der Waals surface area contributed by atoms with Gasteiger partial charge in [0.25, 0.3) is 0 Å². The van der Waals surface area contributed by atoms with Crippen molar-refractivity contribution >= 4 is 28.4 Å². The van der Waals surface area contributed by atoms with E-state index in [-0.39, 0.29) is 18.1 Å². The summed E-state index contributed by atoms with van der Waals surface area (Å²) >= 11 is 0. The summed E-state index contributed by atoms with van der Waals surface area (Å²) in [5.74, 6) is -1.21. The van der Waals surface area contributed by atoms with Crippen molar-refractivity contribution in [2.24, 2.45) is 4.36 Å². The van der Waals surface area contributed by atoms with Crippen LogP contribution in [0.4, 0.5) is 10.6 Å². The van der Waals surface area contributed by atoms with Crippen LogP contribution in [-0.2, 0) is 26.6 Å². The van der Waals surface area contributed by atoms with Crippen LogP contribution in [0.1, 0.15) is 26.5 Å². The lowest BCUT2D eigenvalue weighted by molar-refractivity contribution is -0.135. The molecule has 0 saturated heterocycles. The van der Waals surface area contributed by atoms with E-state index in [1.807, 2.05) is 0 Å². The third-order valence-corrected chi connectivity index (χ3v) is 2.65. The number of aromatic nitrogens is 1. The number of hydrogen-bond donors (Lipinski definition) is 1. The number of ether oxygens (including phenoxy) is 1. The van der Waals surface area contributed by atoms with Gasteiger partial charge in [-0.3, -0.25) is 9.69 Å². The molecule has 1 rings (SSSR count). The van der Waals surface area contributed by atoms with E-state index in [1.54, 1.807) is 20.8 Å². The van der Waals surface area contributed by atoms with Crippen LogP contribution in [-0.4, -0.2) is 42.7 Å². The zero-order valence-electron chi connectivity index (χ0n) is 12.9. The van der Waals surface area contributed by atoms with Gasteiger partial charge in [-0.2, -0.15) is 12.8 Å². The molecule has 10 heteroatoms. The zero-order valence-corrected chi connectivity index (χ0v) is 13.7. The van der Waals surface area contributed by atoms with Gasteiger partial charge in [-0.05, 0) is 32.9 Å². The fourth-order valence-electron chi connectivity index (χ4n) is 1.52. The molecular weight excluding hydrogens is 326 g/mol. The van der Waals surface area contributed by atoms with Gasteiger partial charge in [0.2, 0.25) is 0 Å². The number of carbonyl (C=O) groups excluding carboxylic acids is 1. The monoisotopic (exact) mass is 343 g/mol. The van der Waals surface area contributed by atoms with Crippen molar-refractivity contribution in [1.82, 2.24) is 4.98 Å². The van der Waals surface area contributed by atoms with E-state index < -0.39 is 34.7 Å². The normalized spacial score (nSPS) is 10.7. The van der Waals surface area contributed by atoms with Gasteiger partial charge in [0, 0.05) is 0 Å². The number of hydrogen-bond acceptors (Lipinski definition) is 7. The smallest absolute Gasteiger partial charge is 0.416 e. The molecule has 0 spiro atoms. The van der Waals surface area contributed by atoms with Crippen LogP contribution in [0.2, 0.25) is 0 Å². The molecule has 1 N–H and O–H groups in total. The summed E-state index contributed by atoms with van der Waals surface area (Å²) in [5.41, 5.74) is -0.536. The molecule has 0 radical (unpaired) electrons. The van der Waals surface area contributed by atoms with Gasteiger partial charge >= 0.3 is 22.6 Å². The van der Waals surface area contributed by atoms with Gasteiger partial charge in [0.15, 0.2) is 0 Å². The van der Waals surface area contributed by atoms with Crippen molar-refractivity contribution in [2.45, 2.75) is 32.9 Å². The van der Waals surface area contributed by atoms with Crippen molar-refractivity contribution in [1.29, 1.82) is 0 Å². The Balaban J connectivity index is 3.11. The lowest BCUT2D eigenvalue weighted by atomic mass is 10.2. The number of carboxylic acids is 1. The number of rotatable bonds is 5. The minimum atomic E-state index is -2.58. The number of anilines is 1. The van der Waals surface area contributed by atoms with E-state index >= 15 is 0 Å². The Hall–Kier alpha value is -2.49. The fourth-order valence-corrected chi connectivity index (χ4v) is 1.75. The maximum absolute atomic E-state index is 12.2. The van der Waals surface area contributed by atoms with E-state index in [0.29, 0.717) is 0 Å². The highest BCUT2D eigenvalue weighted by Gasteiger charge is 2.26. The van der Waals surface area contributed by atoms with Gasteiger partial charge in [-0.15, -0.1) is 0 Å². The molecule has 126 valence electrons. The molecule has 0 atom stereocenters. The first-order chi connectivity index (χ1) is 10.6. The highest BCUT2D eigenvalue weighted by molar-refractivity contribution is 7.61. The zero-order chi connectivity index (χ0) is 17.6. The second kappa shape index (κ2) is 7.68. The van der Waals surface area contributed by atoms with Gasteiger partial charge < -0.3 is 9.84 Å². The van der Waals surface area contributed by atoms with Crippen molar-refractivity contribution in [3.05, 3.63) is 23.9 Å². The summed E-state index contributed by atoms with van der Waals surface area (Å²) in [7, 11) is -2.58. The Morgan fingerprint density at radius 3 is 2.52 bits per heavy atom. The van der Waals surface area contributed by atoms with Crippen LogP contribution in [0.15, 0.2) is 22.6 Å². The maximum Gasteiger partial charge on any atom is 0.416 e. The summed E-state index contributed by atoms with van der Waals surface area (Å²) in [6.45, 7) is 4.09. The van der Waals surface area contributed by atoms with Crippen molar-refractivity contribution in [2.75, 3.05) is 11.4 Å². The first-order valence-electron chi connectivity index (χ1n) is 6.53. The van der Waals surface area contributed by atoms with Gasteiger partial charge in [0.1, 0.15) is 18.0 Å². The van der Waals surface area contributed by atoms with Gasteiger partial charge in [0.05, 0.1) is 12.2 Å². The Morgan fingerprint density at radius 2 is 2.00 bits per heavy atom. The summed E-state index contributed by atoms with van der Waals surface area (Å²) in [6.07, 6.45) is -0.867. The Labute approximate surface area is 134 Å². The number of amides is 1. The fraction of sp³-hybridized carbons (Fsp3) is 0.462. The molecule has 1 aromatic rings. The van der Waals surface area contributed by atoms with Crippen LogP contribution in [0.25, 0.3) is 0 Å². The molecular formula is C13H17N3O6S. The minimum Gasteiger partial charge on any atom is -0.480 e. The molecule has 0 aromatic carbocycles. The molecule has 1 aromatic heterocycles. The Morgan fingerprint density at radius 1 is 1.35 bits per heavy atom. The summed E-state index contributed by atoms with van der Waals surface area (Å²) in [5, 5.41) is 8.96. The van der Waals surface area contributed by atoms with E-state index in [9.17, 15) is 18.0 Å². The second-order valence-corrected chi connectivity index (χ2v) is 6.14. The topological polar surface area (TPSA) is 126 Å². The number of carbonyl (C=O) groups is 2. The van der Waals surface area contributed by atoms with Crippen LogP contribution >= 0.6 is 0 Å². The molecule has 0 aliphatic heterocycles. The largest absolute Gasteiger partial charge is 0.480 e. The number of pyridine rings is 1. The van der Waals surface area contributed by atoms with E-state index in [2.05, 4.69) is 9.35 Å². The van der Waals surface area contributed by atoms with E-state index in [4.69, 9.17) is 9.84 Å². The summed E-state index contributed by atoms with van der Waals surface area (Å²) < 4.78 is 29.3. The average Bonchev–Trinajstić information content (AvgIpc) is 2.40. The van der Waals surface area contributed by atoms with Crippen molar-refractivity contribution in [3.63, 3.8) is 0 Å². The molecule has 1 amide bonds. The second-order valence-electron chi connectivity index (χ2n) is 5.45. The molecule has 0 aliphatic rings. The van der Waals surface area contributed by atoms with Gasteiger partial charge in [-0.25, -0.2) is 9.78 Å². The highest BCUT2D eigenvalue weighted by atomic mass is 32.2. The van der Waals surface area contributed by atoms with Crippen LogP contribution in [0.3, 0.4) is 0 Å². The van der Waals surface area contributed by atoms with Crippen molar-refractivity contribution < 1.29 is 27.9 Å². The van der Waals surface area contributed by atoms with Crippen LogP contribution < -0.4 is 4.90 Å². The SMILES string of the molecule is CC(C)(C)OC(=O)N(CC(=O)O)c1cccc(CN=S(=O)=O)n1. The molecule has 0 unspecified atom stereocenters. The molecule has 23 heavy (non-hydrogen) atoms. The summed E-state index contributed by atoms with van der Waals surface area (Å²) in [6, 6.07) is 4.44. The van der Waals surface area contributed by atoms with Crippen LogP contribution in [0, 0.1) is 0 Å². The highest BCUT2D eigenvalue weighted by Crippen LogP contribution is 2.17. The predicted molar refractivity (Wildman–Crippen MR) is 80.5 cm³/mol. The molecule has 0 fully saturated rings. The maximum atomic E-state index is 12.2. The molecule has 9 nitrogen and oxygen atoms in total.